The number of guanidine groups is 1. The predicted octanol–water partition coefficient (Wildman–Crippen LogP) is 2.71. The van der Waals surface area contributed by atoms with Crippen LogP contribution in [0.4, 0.5) is 0 Å². The van der Waals surface area contributed by atoms with Crippen molar-refractivity contribution in [1.29, 1.82) is 0 Å². The summed E-state index contributed by atoms with van der Waals surface area (Å²) in [5.41, 5.74) is 1.41. The number of benzene rings is 1. The minimum Gasteiger partial charge on any atom is -0.379 e. The van der Waals surface area contributed by atoms with Crippen LogP contribution in [0.25, 0.3) is 0 Å². The van der Waals surface area contributed by atoms with Gasteiger partial charge < -0.3 is 15.4 Å². The van der Waals surface area contributed by atoms with E-state index in [0.717, 1.165) is 71.3 Å². The molecule has 1 aromatic rings. The normalized spacial score (nSPS) is 24.0. The summed E-state index contributed by atoms with van der Waals surface area (Å²) >= 11 is 0. The van der Waals surface area contributed by atoms with Crippen LogP contribution < -0.4 is 10.6 Å². The quantitative estimate of drug-likeness (QED) is 0.369. The van der Waals surface area contributed by atoms with Gasteiger partial charge in [0, 0.05) is 51.4 Å². The Labute approximate surface area is 183 Å². The molecule has 2 unspecified atom stereocenters. The van der Waals surface area contributed by atoms with Gasteiger partial charge in [-0.15, -0.1) is 0 Å². The van der Waals surface area contributed by atoms with Gasteiger partial charge in [0.15, 0.2) is 5.96 Å². The zero-order chi connectivity index (χ0) is 21.0. The molecule has 0 aliphatic carbocycles. The first-order chi connectivity index (χ1) is 14.7. The van der Waals surface area contributed by atoms with Crippen LogP contribution in [0.2, 0.25) is 0 Å². The Hall–Kier alpha value is -1.63. The molecule has 6 nitrogen and oxygen atoms in total. The zero-order valence-corrected chi connectivity index (χ0v) is 19.0. The van der Waals surface area contributed by atoms with Gasteiger partial charge >= 0.3 is 0 Å². The third-order valence-electron chi connectivity index (χ3n) is 6.18. The summed E-state index contributed by atoms with van der Waals surface area (Å²) in [4.78, 5) is 9.94. The van der Waals surface area contributed by atoms with Gasteiger partial charge in [0.25, 0.3) is 0 Å². The monoisotopic (exact) mass is 415 g/mol. The number of ether oxygens (including phenoxy) is 1. The third-order valence-corrected chi connectivity index (χ3v) is 6.18. The molecule has 1 aromatic carbocycles. The van der Waals surface area contributed by atoms with Gasteiger partial charge in [-0.25, -0.2) is 0 Å². The molecule has 2 aliphatic heterocycles. The summed E-state index contributed by atoms with van der Waals surface area (Å²) in [6.07, 6.45) is 4.67. The fraction of sp³-hybridized carbons (Fsp3) is 0.708. The number of aliphatic imine (C=N–C) groups is 1. The molecular formula is C24H41N5O. The lowest BCUT2D eigenvalue weighted by molar-refractivity contribution is 0.0373. The summed E-state index contributed by atoms with van der Waals surface area (Å²) in [7, 11) is 0. The van der Waals surface area contributed by atoms with Crippen LogP contribution in [-0.2, 0) is 11.3 Å². The van der Waals surface area contributed by atoms with Crippen molar-refractivity contribution in [2.75, 3.05) is 52.5 Å². The van der Waals surface area contributed by atoms with Crippen molar-refractivity contribution in [3.05, 3.63) is 35.9 Å². The van der Waals surface area contributed by atoms with Crippen molar-refractivity contribution < 1.29 is 4.74 Å². The molecule has 168 valence electrons. The van der Waals surface area contributed by atoms with E-state index in [2.05, 4.69) is 64.6 Å². The van der Waals surface area contributed by atoms with Crippen LogP contribution in [-0.4, -0.2) is 80.3 Å². The number of piperidine rings is 1. The number of hydrogen-bond donors (Lipinski definition) is 2. The van der Waals surface area contributed by atoms with Crippen molar-refractivity contribution in [3.63, 3.8) is 0 Å². The van der Waals surface area contributed by atoms with Gasteiger partial charge in [0.1, 0.15) is 0 Å². The summed E-state index contributed by atoms with van der Waals surface area (Å²) in [6, 6.07) is 11.9. The SMILES string of the molecule is CCNC(=NCCCCN1CCOCC1)NC1CCN(Cc2ccccc2)C(C)C1. The highest BCUT2D eigenvalue weighted by atomic mass is 16.5. The van der Waals surface area contributed by atoms with E-state index >= 15 is 0 Å². The summed E-state index contributed by atoms with van der Waals surface area (Å²) < 4.78 is 5.42. The molecule has 2 aliphatic rings. The number of morpholine rings is 1. The molecule has 3 rings (SSSR count). The number of rotatable bonds is 9. The van der Waals surface area contributed by atoms with E-state index in [9.17, 15) is 0 Å². The maximum atomic E-state index is 5.42. The van der Waals surface area contributed by atoms with Crippen LogP contribution in [0.15, 0.2) is 35.3 Å². The fourth-order valence-corrected chi connectivity index (χ4v) is 4.38. The Morgan fingerprint density at radius 2 is 1.93 bits per heavy atom. The predicted molar refractivity (Wildman–Crippen MR) is 125 cm³/mol. The Kier molecular flexibility index (Phi) is 9.93. The van der Waals surface area contributed by atoms with E-state index in [4.69, 9.17) is 9.73 Å². The second-order valence-electron chi connectivity index (χ2n) is 8.59. The van der Waals surface area contributed by atoms with E-state index in [0.29, 0.717) is 12.1 Å². The molecule has 2 N–H and O–H groups in total. The topological polar surface area (TPSA) is 52.1 Å². The summed E-state index contributed by atoms with van der Waals surface area (Å²) in [5, 5.41) is 7.13. The molecule has 2 fully saturated rings. The Balaban J connectivity index is 1.38. The highest BCUT2D eigenvalue weighted by molar-refractivity contribution is 5.80. The molecule has 0 radical (unpaired) electrons. The van der Waals surface area contributed by atoms with Crippen molar-refractivity contribution >= 4 is 5.96 Å². The second-order valence-corrected chi connectivity index (χ2v) is 8.59. The Morgan fingerprint density at radius 1 is 1.13 bits per heavy atom. The van der Waals surface area contributed by atoms with Crippen molar-refractivity contribution in [1.82, 2.24) is 20.4 Å². The standard InChI is InChI=1S/C24H41N5O/c1-3-25-24(26-12-7-8-13-28-15-17-30-18-16-28)27-23-11-14-29(21(2)19-23)20-22-9-5-4-6-10-22/h4-6,9-10,21,23H,3,7-8,11-20H2,1-2H3,(H2,25,26,27). The highest BCUT2D eigenvalue weighted by Crippen LogP contribution is 2.20. The maximum Gasteiger partial charge on any atom is 0.191 e. The van der Waals surface area contributed by atoms with E-state index in [1.165, 1.54) is 24.9 Å². The number of nitrogens with one attached hydrogen (secondary N) is 2. The van der Waals surface area contributed by atoms with Gasteiger partial charge in [-0.2, -0.15) is 0 Å². The van der Waals surface area contributed by atoms with E-state index in [1.807, 2.05) is 0 Å². The molecule has 0 aromatic heterocycles. The molecule has 2 saturated heterocycles. The van der Waals surface area contributed by atoms with Crippen molar-refractivity contribution in [2.45, 2.75) is 58.2 Å². The zero-order valence-electron chi connectivity index (χ0n) is 19.0. The van der Waals surface area contributed by atoms with Crippen molar-refractivity contribution in [3.8, 4) is 0 Å². The molecule has 0 spiro atoms. The fourth-order valence-electron chi connectivity index (χ4n) is 4.38. The van der Waals surface area contributed by atoms with Crippen LogP contribution >= 0.6 is 0 Å². The molecule has 2 heterocycles. The van der Waals surface area contributed by atoms with Gasteiger partial charge in [0.2, 0.25) is 0 Å². The molecular weight excluding hydrogens is 374 g/mol. The summed E-state index contributed by atoms with van der Waals surface area (Å²) in [6.45, 7) is 13.6. The number of hydrogen-bond acceptors (Lipinski definition) is 4. The minimum atomic E-state index is 0.498. The van der Waals surface area contributed by atoms with Crippen LogP contribution in [0.5, 0.6) is 0 Å². The van der Waals surface area contributed by atoms with Gasteiger partial charge in [-0.1, -0.05) is 30.3 Å². The lowest BCUT2D eigenvalue weighted by atomic mass is 9.97. The Bertz CT molecular complexity index is 617. The largest absolute Gasteiger partial charge is 0.379 e. The van der Waals surface area contributed by atoms with Crippen molar-refractivity contribution in [2.24, 2.45) is 4.99 Å². The minimum absolute atomic E-state index is 0.498. The van der Waals surface area contributed by atoms with Crippen LogP contribution in [0.3, 0.4) is 0 Å². The molecule has 0 amide bonds. The first-order valence-corrected chi connectivity index (χ1v) is 11.9. The van der Waals surface area contributed by atoms with E-state index in [-0.39, 0.29) is 0 Å². The van der Waals surface area contributed by atoms with Gasteiger partial charge in [-0.05, 0) is 51.6 Å². The third kappa shape index (κ3) is 7.89. The smallest absolute Gasteiger partial charge is 0.191 e. The molecule has 0 saturated carbocycles. The second kappa shape index (κ2) is 12.9. The number of nitrogens with zero attached hydrogens (tertiary/aromatic N) is 3. The highest BCUT2D eigenvalue weighted by Gasteiger charge is 2.25. The average molecular weight is 416 g/mol. The summed E-state index contributed by atoms with van der Waals surface area (Å²) in [5.74, 6) is 0.984. The van der Waals surface area contributed by atoms with E-state index < -0.39 is 0 Å². The van der Waals surface area contributed by atoms with Crippen LogP contribution in [0, 0.1) is 0 Å². The van der Waals surface area contributed by atoms with Gasteiger partial charge in [0.05, 0.1) is 13.2 Å². The number of unbranched alkanes of at least 4 members (excludes halogenated alkanes) is 1. The first kappa shape index (κ1) is 23.0. The Morgan fingerprint density at radius 3 is 2.67 bits per heavy atom. The molecule has 30 heavy (non-hydrogen) atoms. The maximum absolute atomic E-state index is 5.42. The number of likely N-dealkylation sites (tertiary alicyclic amines) is 1. The lowest BCUT2D eigenvalue weighted by Gasteiger charge is -2.38. The first-order valence-electron chi connectivity index (χ1n) is 11.9. The molecule has 2 atom stereocenters. The lowest BCUT2D eigenvalue weighted by Crippen LogP contribution is -2.51. The van der Waals surface area contributed by atoms with E-state index in [1.54, 1.807) is 0 Å². The average Bonchev–Trinajstić information content (AvgIpc) is 2.77. The molecule has 0 bridgehead atoms. The molecule has 6 heteroatoms. The van der Waals surface area contributed by atoms with Crippen LogP contribution in [0.1, 0.15) is 45.1 Å². The van der Waals surface area contributed by atoms with Gasteiger partial charge in [-0.3, -0.25) is 14.8 Å².